The Balaban J connectivity index is 2.52. The SMILES string of the molecule is Cc1ccc(C)c(C(C)S(O)(O)c2cccc(Cl)[n+]2O)c1. The number of hydrogen-bond acceptors (Lipinski definition) is 3. The smallest absolute Gasteiger partial charge is 0.290 e. The van der Waals surface area contributed by atoms with Gasteiger partial charge in [-0.05, 0) is 49.6 Å². The molecule has 0 amide bonds. The third-order valence-corrected chi connectivity index (χ3v) is 6.01. The Morgan fingerprint density at radius 2 is 1.81 bits per heavy atom. The number of nitrogens with zero attached hydrogens (tertiary/aromatic N) is 1. The van der Waals surface area contributed by atoms with Gasteiger partial charge < -0.3 is 0 Å². The third-order valence-electron chi connectivity index (χ3n) is 3.56. The number of aryl methyl sites for hydroxylation is 2. The highest BCUT2D eigenvalue weighted by Crippen LogP contribution is 2.58. The second-order valence-corrected chi connectivity index (χ2v) is 7.79. The maximum atomic E-state index is 10.6. The van der Waals surface area contributed by atoms with Gasteiger partial charge in [-0.15, -0.1) is 10.6 Å². The molecule has 1 aromatic carbocycles. The van der Waals surface area contributed by atoms with Gasteiger partial charge in [-0.2, -0.15) is 0 Å². The minimum absolute atomic E-state index is 0.00315. The quantitative estimate of drug-likeness (QED) is 0.446. The van der Waals surface area contributed by atoms with E-state index in [0.717, 1.165) is 16.7 Å². The Hall–Kier alpha value is -1.27. The van der Waals surface area contributed by atoms with Gasteiger partial charge in [0.05, 0.1) is 5.25 Å². The molecule has 0 saturated carbocycles. The number of halogens is 1. The van der Waals surface area contributed by atoms with E-state index < -0.39 is 15.8 Å². The predicted octanol–water partition coefficient (Wildman–Crippen LogP) is 4.35. The average Bonchev–Trinajstić information content (AvgIpc) is 2.43. The molecule has 0 saturated heterocycles. The molecule has 21 heavy (non-hydrogen) atoms. The van der Waals surface area contributed by atoms with Gasteiger partial charge in [-0.25, -0.2) is 0 Å². The minimum Gasteiger partial charge on any atom is -0.290 e. The van der Waals surface area contributed by atoms with Gasteiger partial charge in [0.15, 0.2) is 0 Å². The lowest BCUT2D eigenvalue weighted by Crippen LogP contribution is -2.37. The summed E-state index contributed by atoms with van der Waals surface area (Å²) < 4.78 is 21.9. The second kappa shape index (κ2) is 5.85. The van der Waals surface area contributed by atoms with Crippen LogP contribution in [0.3, 0.4) is 0 Å². The van der Waals surface area contributed by atoms with E-state index in [4.69, 9.17) is 11.6 Å². The molecule has 0 bridgehead atoms. The second-order valence-electron chi connectivity index (χ2n) is 5.09. The Kier molecular flexibility index (Phi) is 4.49. The molecule has 0 aliphatic carbocycles. The molecule has 0 radical (unpaired) electrons. The van der Waals surface area contributed by atoms with Crippen molar-refractivity contribution in [2.24, 2.45) is 0 Å². The van der Waals surface area contributed by atoms with Crippen LogP contribution in [0, 0.1) is 13.8 Å². The summed E-state index contributed by atoms with van der Waals surface area (Å²) in [5.74, 6) is 0. The molecule has 0 fully saturated rings. The summed E-state index contributed by atoms with van der Waals surface area (Å²) in [4.78, 5) is 0. The van der Waals surface area contributed by atoms with E-state index in [1.54, 1.807) is 13.0 Å². The van der Waals surface area contributed by atoms with E-state index in [-0.39, 0.29) is 10.2 Å². The summed E-state index contributed by atoms with van der Waals surface area (Å²) in [7, 11) is -3.26. The van der Waals surface area contributed by atoms with Crippen LogP contribution in [0.15, 0.2) is 41.4 Å². The molecule has 0 aliphatic rings. The van der Waals surface area contributed by atoms with Gasteiger partial charge in [0.25, 0.3) is 0 Å². The fraction of sp³-hybridized carbons (Fsp3) is 0.267. The van der Waals surface area contributed by atoms with Crippen LogP contribution in [0.1, 0.15) is 28.9 Å². The monoisotopic (exact) mass is 328 g/mol. The zero-order valence-electron chi connectivity index (χ0n) is 12.1. The Bertz CT molecular complexity index is 676. The molecule has 1 aromatic heterocycles. The largest absolute Gasteiger partial charge is 0.346 e. The van der Waals surface area contributed by atoms with Gasteiger partial charge >= 0.3 is 10.2 Å². The van der Waals surface area contributed by atoms with Crippen LogP contribution in [0.2, 0.25) is 5.15 Å². The van der Waals surface area contributed by atoms with Crippen molar-refractivity contribution in [1.29, 1.82) is 0 Å². The number of aromatic nitrogens is 1. The zero-order valence-corrected chi connectivity index (χ0v) is 13.7. The van der Waals surface area contributed by atoms with Crippen molar-refractivity contribution in [3.63, 3.8) is 0 Å². The Morgan fingerprint density at radius 1 is 1.14 bits per heavy atom. The summed E-state index contributed by atoms with van der Waals surface area (Å²) in [6, 6.07) is 10.4. The maximum Gasteiger partial charge on any atom is 0.346 e. The van der Waals surface area contributed by atoms with E-state index in [1.165, 1.54) is 12.1 Å². The van der Waals surface area contributed by atoms with E-state index in [9.17, 15) is 14.3 Å². The first-order valence-corrected chi connectivity index (χ1v) is 8.48. The fourth-order valence-corrected chi connectivity index (χ4v) is 4.06. The van der Waals surface area contributed by atoms with E-state index in [2.05, 4.69) is 0 Å². The first-order chi connectivity index (χ1) is 9.75. The molecule has 0 aliphatic heterocycles. The molecule has 3 N–H and O–H groups in total. The normalized spacial score (nSPS) is 14.0. The summed E-state index contributed by atoms with van der Waals surface area (Å²) in [5.41, 5.74) is 2.86. The van der Waals surface area contributed by atoms with Crippen LogP contribution in [0.4, 0.5) is 0 Å². The summed E-state index contributed by atoms with van der Waals surface area (Å²) in [5, 5.41) is 9.41. The lowest BCUT2D eigenvalue weighted by Gasteiger charge is -2.35. The minimum atomic E-state index is -3.26. The van der Waals surface area contributed by atoms with Gasteiger partial charge in [0, 0.05) is 16.9 Å². The molecule has 6 heteroatoms. The first kappa shape index (κ1) is 16.1. The van der Waals surface area contributed by atoms with Crippen molar-refractivity contribution >= 4 is 22.2 Å². The molecule has 1 atom stereocenters. The number of rotatable bonds is 3. The number of pyridine rings is 1. The molecular formula is C15H19ClNO3S+. The molecule has 2 rings (SSSR count). The molecule has 4 nitrogen and oxygen atoms in total. The number of hydrogen-bond donors (Lipinski definition) is 3. The predicted molar refractivity (Wildman–Crippen MR) is 84.3 cm³/mol. The summed E-state index contributed by atoms with van der Waals surface area (Å²) in [6.45, 7) is 5.61. The molecule has 0 spiro atoms. The molecule has 1 heterocycles. The Labute approximate surface area is 130 Å². The average molecular weight is 329 g/mol. The van der Waals surface area contributed by atoms with Gasteiger partial charge in [0.1, 0.15) is 0 Å². The lowest BCUT2D eigenvalue weighted by molar-refractivity contribution is -0.931. The topological polar surface area (TPSA) is 64.6 Å². The number of benzene rings is 1. The van der Waals surface area contributed by atoms with Crippen LogP contribution in [0.25, 0.3) is 0 Å². The lowest BCUT2D eigenvalue weighted by atomic mass is 10.0. The Morgan fingerprint density at radius 3 is 2.48 bits per heavy atom. The molecule has 114 valence electrons. The zero-order chi connectivity index (χ0) is 15.8. The summed E-state index contributed by atoms with van der Waals surface area (Å²) in [6.07, 6.45) is 0. The van der Waals surface area contributed by atoms with E-state index >= 15 is 0 Å². The van der Waals surface area contributed by atoms with Crippen molar-refractivity contribution in [1.82, 2.24) is 0 Å². The van der Waals surface area contributed by atoms with Gasteiger partial charge in [-0.1, -0.05) is 23.8 Å². The van der Waals surface area contributed by atoms with Gasteiger partial charge in [0.2, 0.25) is 0 Å². The molecule has 1 unspecified atom stereocenters. The van der Waals surface area contributed by atoms with Crippen molar-refractivity contribution in [3.8, 4) is 0 Å². The van der Waals surface area contributed by atoms with E-state index in [0.29, 0.717) is 4.73 Å². The highest BCUT2D eigenvalue weighted by atomic mass is 35.5. The standard InChI is InChI=1S/C15H18ClNO3S/c1-10-7-8-11(2)13(9-10)12(3)21(19,20)15-6-4-5-14(16)17(15)18/h4-9,12H,1-3H3,(H2-,18,19,20)/p+1. The van der Waals surface area contributed by atoms with Crippen LogP contribution >= 0.6 is 22.2 Å². The van der Waals surface area contributed by atoms with Crippen molar-refractivity contribution in [2.45, 2.75) is 31.0 Å². The highest BCUT2D eigenvalue weighted by Gasteiger charge is 2.36. The first-order valence-electron chi connectivity index (χ1n) is 6.49. The third kappa shape index (κ3) is 3.01. The molecule has 2 aromatic rings. The van der Waals surface area contributed by atoms with Crippen LogP contribution in [0.5, 0.6) is 0 Å². The van der Waals surface area contributed by atoms with Crippen molar-refractivity contribution in [3.05, 3.63) is 58.2 Å². The molecular weight excluding hydrogens is 310 g/mol. The highest BCUT2D eigenvalue weighted by molar-refractivity contribution is 8.24. The summed E-state index contributed by atoms with van der Waals surface area (Å²) >= 11 is 5.83. The van der Waals surface area contributed by atoms with Crippen LogP contribution < -0.4 is 4.73 Å². The maximum absolute atomic E-state index is 10.6. The fourth-order valence-electron chi connectivity index (χ4n) is 2.24. The van der Waals surface area contributed by atoms with Crippen molar-refractivity contribution in [2.75, 3.05) is 0 Å². The van der Waals surface area contributed by atoms with Crippen molar-refractivity contribution < 1.29 is 19.0 Å². The van der Waals surface area contributed by atoms with Crippen LogP contribution in [-0.4, -0.2) is 14.3 Å². The van der Waals surface area contributed by atoms with Gasteiger partial charge in [-0.3, -0.25) is 14.3 Å². The van der Waals surface area contributed by atoms with Crippen LogP contribution in [-0.2, 0) is 0 Å². The van der Waals surface area contributed by atoms with E-state index in [1.807, 2.05) is 32.0 Å².